The number of nitrogens with zero attached hydrogens (tertiary/aromatic N) is 1. The number of hydrogen-bond donors (Lipinski definition) is 1. The zero-order chi connectivity index (χ0) is 14.2. The molecule has 1 N–H and O–H groups in total. The first-order valence-electron chi connectivity index (χ1n) is 6.26. The number of carbonyl (C=O) groups is 1. The Morgan fingerprint density at radius 2 is 1.75 bits per heavy atom. The van der Waals surface area contributed by atoms with Crippen LogP contribution in [0.3, 0.4) is 0 Å². The van der Waals surface area contributed by atoms with Crippen molar-refractivity contribution in [1.29, 1.82) is 0 Å². The first kappa shape index (κ1) is 13.8. The van der Waals surface area contributed by atoms with Gasteiger partial charge >= 0.3 is 5.97 Å². The van der Waals surface area contributed by atoms with Crippen LogP contribution in [0.1, 0.15) is 10.4 Å². The molecule has 0 aromatic heterocycles. The number of aliphatic imine (C=N–C) groups is 1. The molecule has 0 atom stereocenters. The molecule has 2 aromatic carbocycles. The lowest BCUT2D eigenvalue weighted by Crippen LogP contribution is -1.98. The standard InChI is InChI=1S/C13H10O2.C3H5NO/c14-13(15)12-9-5-4-8-11(12)10-6-2-1-3-7-10;1-2-5-3-4-1/h1-9H,(H,14,15);3H,1-2H2. The number of ether oxygens (including phenoxy) is 1. The van der Waals surface area contributed by atoms with Gasteiger partial charge in [0.2, 0.25) is 0 Å². The highest BCUT2D eigenvalue weighted by atomic mass is 16.5. The summed E-state index contributed by atoms with van der Waals surface area (Å²) in [5.41, 5.74) is 2.02. The number of rotatable bonds is 2. The van der Waals surface area contributed by atoms with Crippen LogP contribution in [-0.2, 0) is 4.74 Å². The molecule has 20 heavy (non-hydrogen) atoms. The van der Waals surface area contributed by atoms with Gasteiger partial charge in [-0.2, -0.15) is 0 Å². The van der Waals surface area contributed by atoms with Gasteiger partial charge in [0.05, 0.1) is 12.1 Å². The number of carboxylic acids is 1. The van der Waals surface area contributed by atoms with E-state index in [4.69, 9.17) is 5.11 Å². The Morgan fingerprint density at radius 3 is 2.30 bits per heavy atom. The second-order valence-corrected chi connectivity index (χ2v) is 4.10. The van der Waals surface area contributed by atoms with Crippen LogP contribution in [0.15, 0.2) is 59.6 Å². The van der Waals surface area contributed by atoms with Crippen molar-refractivity contribution in [3.8, 4) is 11.1 Å². The van der Waals surface area contributed by atoms with Crippen molar-refractivity contribution in [1.82, 2.24) is 0 Å². The number of carboxylic acid groups (broad SMARTS) is 1. The smallest absolute Gasteiger partial charge is 0.336 e. The molecule has 1 heterocycles. The molecule has 0 bridgehead atoms. The second kappa shape index (κ2) is 7.09. The Hall–Kier alpha value is -2.62. The second-order valence-electron chi connectivity index (χ2n) is 4.10. The molecular formula is C16H15NO3. The van der Waals surface area contributed by atoms with E-state index in [2.05, 4.69) is 9.73 Å². The van der Waals surface area contributed by atoms with Gasteiger partial charge in [0, 0.05) is 0 Å². The predicted octanol–water partition coefficient (Wildman–Crippen LogP) is 3.10. The molecule has 0 saturated carbocycles. The van der Waals surface area contributed by atoms with Crippen molar-refractivity contribution in [2.45, 2.75) is 0 Å². The Labute approximate surface area is 117 Å². The highest BCUT2D eigenvalue weighted by molar-refractivity contribution is 5.95. The van der Waals surface area contributed by atoms with Crippen molar-refractivity contribution >= 4 is 12.4 Å². The first-order chi connectivity index (χ1) is 9.79. The lowest BCUT2D eigenvalue weighted by molar-refractivity contribution is 0.0697. The van der Waals surface area contributed by atoms with Crippen LogP contribution in [-0.4, -0.2) is 30.6 Å². The summed E-state index contributed by atoms with van der Waals surface area (Å²) in [6.45, 7) is 1.62. The normalized spacial score (nSPS) is 12.2. The van der Waals surface area contributed by atoms with E-state index in [1.54, 1.807) is 12.1 Å². The molecule has 1 aliphatic heterocycles. The monoisotopic (exact) mass is 269 g/mol. The molecule has 0 spiro atoms. The molecule has 102 valence electrons. The Bertz CT molecular complexity index is 588. The maximum atomic E-state index is 11.0. The van der Waals surface area contributed by atoms with Gasteiger partial charge in [0.1, 0.15) is 6.61 Å². The van der Waals surface area contributed by atoms with E-state index in [1.165, 1.54) is 6.40 Å². The molecule has 4 nitrogen and oxygen atoms in total. The summed E-state index contributed by atoms with van der Waals surface area (Å²) in [6, 6.07) is 16.5. The third kappa shape index (κ3) is 3.68. The molecular weight excluding hydrogens is 254 g/mol. The van der Waals surface area contributed by atoms with Crippen LogP contribution >= 0.6 is 0 Å². The molecule has 0 aliphatic carbocycles. The molecule has 4 heteroatoms. The van der Waals surface area contributed by atoms with Gasteiger partial charge < -0.3 is 9.84 Å². The van der Waals surface area contributed by atoms with E-state index in [-0.39, 0.29) is 0 Å². The number of hydrogen-bond acceptors (Lipinski definition) is 3. The van der Waals surface area contributed by atoms with Gasteiger partial charge in [0.25, 0.3) is 0 Å². The van der Waals surface area contributed by atoms with Crippen LogP contribution in [0.5, 0.6) is 0 Å². The summed E-state index contributed by atoms with van der Waals surface area (Å²) in [7, 11) is 0. The summed E-state index contributed by atoms with van der Waals surface area (Å²) >= 11 is 0. The first-order valence-corrected chi connectivity index (χ1v) is 6.26. The fourth-order valence-electron chi connectivity index (χ4n) is 1.80. The zero-order valence-corrected chi connectivity index (χ0v) is 10.9. The zero-order valence-electron chi connectivity index (χ0n) is 10.9. The highest BCUT2D eigenvalue weighted by Crippen LogP contribution is 2.22. The van der Waals surface area contributed by atoms with Crippen molar-refractivity contribution in [3.05, 3.63) is 60.2 Å². The summed E-state index contributed by atoms with van der Waals surface area (Å²) in [5, 5.41) is 9.03. The average molecular weight is 269 g/mol. The molecule has 1 aliphatic rings. The van der Waals surface area contributed by atoms with Crippen molar-refractivity contribution in [2.75, 3.05) is 13.2 Å². The van der Waals surface area contributed by atoms with Crippen LogP contribution in [0, 0.1) is 0 Å². The summed E-state index contributed by atoms with van der Waals surface area (Å²) in [5.74, 6) is -0.894. The SMILES string of the molecule is C1=NCCO1.O=C(O)c1ccccc1-c1ccccc1. The molecule has 0 radical (unpaired) electrons. The summed E-state index contributed by atoms with van der Waals surface area (Å²) in [4.78, 5) is 14.7. The van der Waals surface area contributed by atoms with Gasteiger partial charge in [-0.05, 0) is 17.2 Å². The van der Waals surface area contributed by atoms with Gasteiger partial charge in [-0.3, -0.25) is 4.99 Å². The van der Waals surface area contributed by atoms with Crippen molar-refractivity contribution in [2.24, 2.45) is 4.99 Å². The third-order valence-corrected chi connectivity index (χ3v) is 2.73. The van der Waals surface area contributed by atoms with Crippen molar-refractivity contribution in [3.63, 3.8) is 0 Å². The topological polar surface area (TPSA) is 58.9 Å². The molecule has 2 aromatic rings. The summed E-state index contributed by atoms with van der Waals surface area (Å²) in [6.07, 6.45) is 1.49. The largest absolute Gasteiger partial charge is 0.482 e. The minimum atomic E-state index is -0.894. The quantitative estimate of drug-likeness (QED) is 0.911. The fraction of sp³-hybridized carbons (Fsp3) is 0.125. The maximum absolute atomic E-state index is 11.0. The fourth-order valence-corrected chi connectivity index (χ4v) is 1.80. The molecule has 0 fully saturated rings. The van der Waals surface area contributed by atoms with Gasteiger partial charge in [-0.25, -0.2) is 4.79 Å². The molecule has 0 unspecified atom stereocenters. The van der Waals surface area contributed by atoms with E-state index < -0.39 is 5.97 Å². The Kier molecular flexibility index (Phi) is 4.89. The predicted molar refractivity (Wildman–Crippen MR) is 78.1 cm³/mol. The van der Waals surface area contributed by atoms with E-state index in [9.17, 15) is 4.79 Å². The van der Waals surface area contributed by atoms with Gasteiger partial charge in [-0.1, -0.05) is 48.5 Å². The maximum Gasteiger partial charge on any atom is 0.336 e. The van der Waals surface area contributed by atoms with Crippen LogP contribution in [0.25, 0.3) is 11.1 Å². The van der Waals surface area contributed by atoms with Gasteiger partial charge in [-0.15, -0.1) is 0 Å². The van der Waals surface area contributed by atoms with E-state index in [1.807, 2.05) is 42.5 Å². The highest BCUT2D eigenvalue weighted by Gasteiger charge is 2.09. The third-order valence-electron chi connectivity index (χ3n) is 2.73. The van der Waals surface area contributed by atoms with E-state index in [0.29, 0.717) is 5.56 Å². The average Bonchev–Trinajstić information content (AvgIpc) is 3.08. The minimum absolute atomic E-state index is 0.337. The van der Waals surface area contributed by atoms with Gasteiger partial charge in [0.15, 0.2) is 6.40 Å². The number of benzene rings is 2. The van der Waals surface area contributed by atoms with Crippen LogP contribution in [0.2, 0.25) is 0 Å². The van der Waals surface area contributed by atoms with Crippen LogP contribution < -0.4 is 0 Å². The Morgan fingerprint density at radius 1 is 1.05 bits per heavy atom. The lowest BCUT2D eigenvalue weighted by atomic mass is 10.00. The molecule has 3 rings (SSSR count). The van der Waals surface area contributed by atoms with Crippen LogP contribution in [0.4, 0.5) is 0 Å². The van der Waals surface area contributed by atoms with E-state index in [0.717, 1.165) is 24.3 Å². The minimum Gasteiger partial charge on any atom is -0.482 e. The van der Waals surface area contributed by atoms with E-state index >= 15 is 0 Å². The Balaban J connectivity index is 0.000000247. The lowest BCUT2D eigenvalue weighted by Gasteiger charge is -2.05. The molecule has 0 amide bonds. The van der Waals surface area contributed by atoms with Crippen molar-refractivity contribution < 1.29 is 14.6 Å². The summed E-state index contributed by atoms with van der Waals surface area (Å²) < 4.78 is 4.65. The molecule has 0 saturated heterocycles. The number of aromatic carboxylic acids is 1.